The Morgan fingerprint density at radius 1 is 1.23 bits per heavy atom. The zero-order valence-electron chi connectivity index (χ0n) is 15.8. The van der Waals surface area contributed by atoms with E-state index in [2.05, 4.69) is 9.97 Å². The van der Waals surface area contributed by atoms with Gasteiger partial charge in [-0.3, -0.25) is 9.59 Å². The van der Waals surface area contributed by atoms with Gasteiger partial charge in [-0.1, -0.05) is 11.6 Å². The van der Waals surface area contributed by atoms with Crippen molar-refractivity contribution >= 4 is 49.8 Å². The first kappa shape index (κ1) is 20.1. The summed E-state index contributed by atoms with van der Waals surface area (Å²) >= 11 is 7.30. The number of H-pyrrole nitrogens is 2. The van der Waals surface area contributed by atoms with Crippen molar-refractivity contribution in [2.24, 2.45) is 0 Å². The fourth-order valence-corrected chi connectivity index (χ4v) is 5.05. The lowest BCUT2D eigenvalue weighted by atomic mass is 9.94. The molecule has 1 amide bonds. The van der Waals surface area contributed by atoms with Gasteiger partial charge < -0.3 is 24.7 Å². The lowest BCUT2D eigenvalue weighted by molar-refractivity contribution is -0.129. The molecule has 0 saturated heterocycles. The zero-order chi connectivity index (χ0) is 22.0. The summed E-state index contributed by atoms with van der Waals surface area (Å²) in [4.78, 5) is 32.4. The van der Waals surface area contributed by atoms with E-state index in [0.717, 1.165) is 22.3 Å². The molecule has 0 spiro atoms. The number of aromatic nitrogens is 2. The third-order valence-electron chi connectivity index (χ3n) is 5.42. The minimum Gasteiger partial charge on any atom is -0.363 e. The zero-order valence-corrected chi connectivity index (χ0v) is 17.4. The van der Waals surface area contributed by atoms with E-state index in [1.165, 1.54) is 23.3 Å². The van der Waals surface area contributed by atoms with Gasteiger partial charge in [-0.2, -0.15) is 0 Å². The van der Waals surface area contributed by atoms with Gasteiger partial charge in [0.25, 0.3) is 11.5 Å². The predicted molar refractivity (Wildman–Crippen MR) is 111 cm³/mol. The van der Waals surface area contributed by atoms with Crippen LogP contribution in [0.5, 0.6) is 0 Å². The van der Waals surface area contributed by atoms with Crippen molar-refractivity contribution in [2.75, 3.05) is 13.7 Å². The highest BCUT2D eigenvalue weighted by Crippen LogP contribution is 2.38. The van der Waals surface area contributed by atoms with Crippen LogP contribution in [0.15, 0.2) is 29.1 Å². The molecular formula is C20H14ClF2N3O4S. The molecule has 4 heterocycles. The van der Waals surface area contributed by atoms with Gasteiger partial charge in [0.15, 0.2) is 17.9 Å². The number of thiophene rings is 1. The molecular weight excluding hydrogens is 452 g/mol. The normalized spacial score (nSPS) is 18.5. The molecule has 0 bridgehead atoms. The summed E-state index contributed by atoms with van der Waals surface area (Å²) in [6.07, 6.45) is -1.47. The lowest BCUT2D eigenvalue weighted by Gasteiger charge is -2.35. The van der Waals surface area contributed by atoms with Crippen molar-refractivity contribution in [2.45, 2.75) is 12.3 Å². The standard InChI is InChI=1S/C20H14ClF2N3O4S/c1-26(19(28)12-4-14-11(24-12)5-15(21)31-14)13-6-30-20(29)17-16(13)7-2-9(22)10(23)3-8(7)18(27)25-17/h2-5,13,20,24,29H,6H2,1H3,(H,25,27)/t13-,20-/m1/s1. The second-order valence-corrected chi connectivity index (χ2v) is 8.94. The predicted octanol–water partition coefficient (Wildman–Crippen LogP) is 3.84. The number of nitrogens with one attached hydrogen (secondary N) is 2. The van der Waals surface area contributed by atoms with Crippen LogP contribution in [0.1, 0.15) is 34.1 Å². The highest BCUT2D eigenvalue weighted by molar-refractivity contribution is 7.22. The van der Waals surface area contributed by atoms with E-state index in [0.29, 0.717) is 15.6 Å². The molecule has 31 heavy (non-hydrogen) atoms. The van der Waals surface area contributed by atoms with Crippen molar-refractivity contribution in [3.8, 4) is 0 Å². The number of nitrogens with zero attached hydrogens (tertiary/aromatic N) is 1. The number of carbonyl (C=O) groups is 1. The van der Waals surface area contributed by atoms with Crippen molar-refractivity contribution in [3.63, 3.8) is 0 Å². The number of benzene rings is 1. The lowest BCUT2D eigenvalue weighted by Crippen LogP contribution is -2.39. The topological polar surface area (TPSA) is 98.4 Å². The maximum Gasteiger partial charge on any atom is 0.270 e. The van der Waals surface area contributed by atoms with Crippen molar-refractivity contribution in [3.05, 3.63) is 67.5 Å². The summed E-state index contributed by atoms with van der Waals surface area (Å²) in [6, 6.07) is 4.30. The first-order valence-corrected chi connectivity index (χ1v) is 10.3. The molecule has 5 rings (SSSR count). The van der Waals surface area contributed by atoms with Gasteiger partial charge in [-0.25, -0.2) is 8.78 Å². The Labute approximate surface area is 181 Å². The first-order chi connectivity index (χ1) is 14.7. The van der Waals surface area contributed by atoms with Gasteiger partial charge in [-0.15, -0.1) is 11.3 Å². The molecule has 2 atom stereocenters. The number of fused-ring (bicyclic) bond motifs is 4. The molecule has 11 heteroatoms. The summed E-state index contributed by atoms with van der Waals surface area (Å²) < 4.78 is 34.5. The van der Waals surface area contributed by atoms with Crippen LogP contribution >= 0.6 is 22.9 Å². The van der Waals surface area contributed by atoms with Gasteiger partial charge in [-0.05, 0) is 29.7 Å². The van der Waals surface area contributed by atoms with Crippen LogP contribution in [0.4, 0.5) is 8.78 Å². The number of amides is 1. The summed E-state index contributed by atoms with van der Waals surface area (Å²) in [5, 5.41) is 10.2. The highest BCUT2D eigenvalue weighted by Gasteiger charge is 2.35. The van der Waals surface area contributed by atoms with Gasteiger partial charge in [0, 0.05) is 12.6 Å². The fourth-order valence-electron chi connectivity index (χ4n) is 3.91. The van der Waals surface area contributed by atoms with E-state index >= 15 is 0 Å². The average molecular weight is 466 g/mol. The highest BCUT2D eigenvalue weighted by atomic mass is 35.5. The number of hydrogen-bond acceptors (Lipinski definition) is 5. The van der Waals surface area contributed by atoms with E-state index < -0.39 is 35.4 Å². The average Bonchev–Trinajstić information content (AvgIpc) is 3.27. The molecule has 0 fully saturated rings. The number of pyridine rings is 1. The molecule has 0 saturated carbocycles. The Bertz CT molecular complexity index is 1400. The number of aliphatic hydroxyl groups is 1. The molecule has 4 aromatic rings. The van der Waals surface area contributed by atoms with Crippen LogP contribution in [0.3, 0.4) is 0 Å². The third kappa shape index (κ3) is 3.14. The quantitative estimate of drug-likeness (QED) is 0.419. The van der Waals surface area contributed by atoms with Crippen LogP contribution in [-0.4, -0.2) is 39.5 Å². The number of carbonyl (C=O) groups excluding carboxylic acids is 1. The van der Waals surface area contributed by atoms with Gasteiger partial charge >= 0.3 is 0 Å². The molecule has 1 aromatic carbocycles. The maximum atomic E-state index is 14.0. The van der Waals surface area contributed by atoms with Crippen LogP contribution in [0.2, 0.25) is 4.34 Å². The number of ether oxygens (including phenoxy) is 1. The minimum atomic E-state index is -1.47. The summed E-state index contributed by atoms with van der Waals surface area (Å²) in [5.41, 5.74) is 0.610. The molecule has 0 radical (unpaired) electrons. The van der Waals surface area contributed by atoms with E-state index in [1.54, 1.807) is 12.1 Å². The number of aromatic amines is 2. The second-order valence-electron chi connectivity index (χ2n) is 7.22. The SMILES string of the molecule is CN(C(=O)c1cc2sc(Cl)cc2[nH]1)[C@@H]1CO[C@@H](O)c2[nH]c(=O)c3cc(F)c(F)cc3c21. The molecule has 7 nitrogen and oxygen atoms in total. The number of halogens is 3. The fraction of sp³-hybridized carbons (Fsp3) is 0.200. The van der Waals surface area contributed by atoms with E-state index in [-0.39, 0.29) is 23.1 Å². The van der Waals surface area contributed by atoms with Crippen LogP contribution in [0, 0.1) is 11.6 Å². The number of likely N-dealkylation sites (N-methyl/N-ethyl adjacent to an activating group) is 1. The molecule has 3 aromatic heterocycles. The molecule has 1 aliphatic heterocycles. The first-order valence-electron chi connectivity index (χ1n) is 9.14. The number of rotatable bonds is 2. The second kappa shape index (κ2) is 7.13. The largest absolute Gasteiger partial charge is 0.363 e. The summed E-state index contributed by atoms with van der Waals surface area (Å²) in [5.74, 6) is -2.70. The van der Waals surface area contributed by atoms with E-state index in [9.17, 15) is 23.5 Å². The van der Waals surface area contributed by atoms with E-state index in [4.69, 9.17) is 16.3 Å². The monoisotopic (exact) mass is 465 g/mol. The Hall–Kier alpha value is -2.79. The Morgan fingerprint density at radius 3 is 2.65 bits per heavy atom. The molecule has 0 aliphatic carbocycles. The van der Waals surface area contributed by atoms with Crippen molar-refractivity contribution < 1.29 is 23.4 Å². The van der Waals surface area contributed by atoms with Gasteiger partial charge in [0.05, 0.1) is 38.3 Å². The summed E-state index contributed by atoms with van der Waals surface area (Å²) in [7, 11) is 1.52. The Kier molecular flexibility index (Phi) is 4.63. The Morgan fingerprint density at radius 2 is 1.94 bits per heavy atom. The summed E-state index contributed by atoms with van der Waals surface area (Å²) in [6.45, 7) is -0.114. The molecule has 160 valence electrons. The van der Waals surface area contributed by atoms with Crippen LogP contribution < -0.4 is 5.56 Å². The van der Waals surface area contributed by atoms with Gasteiger partial charge in [0.2, 0.25) is 0 Å². The van der Waals surface area contributed by atoms with Crippen molar-refractivity contribution in [1.82, 2.24) is 14.9 Å². The number of aliphatic hydroxyl groups excluding tert-OH is 1. The number of hydrogen-bond donors (Lipinski definition) is 3. The minimum absolute atomic E-state index is 0.00124. The third-order valence-corrected chi connectivity index (χ3v) is 6.63. The molecule has 1 aliphatic rings. The van der Waals surface area contributed by atoms with Crippen LogP contribution in [-0.2, 0) is 4.74 Å². The molecule has 0 unspecified atom stereocenters. The van der Waals surface area contributed by atoms with Crippen molar-refractivity contribution in [1.29, 1.82) is 0 Å². The van der Waals surface area contributed by atoms with Gasteiger partial charge in [0.1, 0.15) is 5.69 Å². The maximum absolute atomic E-state index is 14.0. The molecule has 3 N–H and O–H groups in total. The van der Waals surface area contributed by atoms with Crippen LogP contribution in [0.25, 0.3) is 21.0 Å². The van der Waals surface area contributed by atoms with E-state index in [1.807, 2.05) is 0 Å². The smallest absolute Gasteiger partial charge is 0.270 e. The Balaban J connectivity index is 1.64.